The zero-order valence-corrected chi connectivity index (χ0v) is 15.7. The smallest absolute Gasteiger partial charge is 0.369 e. The first-order valence-electron chi connectivity index (χ1n) is 8.22. The molecule has 0 spiro atoms. The van der Waals surface area contributed by atoms with E-state index in [1.54, 1.807) is 24.2 Å². The predicted molar refractivity (Wildman–Crippen MR) is 102 cm³/mol. The van der Waals surface area contributed by atoms with Crippen molar-refractivity contribution >= 4 is 27.7 Å². The summed E-state index contributed by atoms with van der Waals surface area (Å²) in [6, 6.07) is 8.07. The molecule has 6 nitrogen and oxygen atoms in total. The summed E-state index contributed by atoms with van der Waals surface area (Å²) in [6.45, 7) is 1.19. The van der Waals surface area contributed by atoms with Crippen molar-refractivity contribution in [2.45, 2.75) is 31.2 Å². The first-order chi connectivity index (χ1) is 12.0. The van der Waals surface area contributed by atoms with Crippen LogP contribution in [0.4, 0.5) is 0 Å². The Kier molecular flexibility index (Phi) is 5.34. The van der Waals surface area contributed by atoms with Crippen molar-refractivity contribution < 1.29 is 9.84 Å². The molecule has 1 saturated carbocycles. The van der Waals surface area contributed by atoms with E-state index in [-0.39, 0.29) is 17.1 Å². The molecule has 0 atom stereocenters. The van der Waals surface area contributed by atoms with Gasteiger partial charge in [-0.25, -0.2) is 0 Å². The Morgan fingerprint density at radius 3 is 2.72 bits per heavy atom. The van der Waals surface area contributed by atoms with E-state index in [0.717, 1.165) is 29.3 Å². The van der Waals surface area contributed by atoms with E-state index in [1.807, 2.05) is 24.3 Å². The lowest BCUT2D eigenvalue weighted by Crippen LogP contribution is -2.41. The quantitative estimate of drug-likeness (QED) is 0.454. The summed E-state index contributed by atoms with van der Waals surface area (Å²) in [7, 11) is 1.64. The Morgan fingerprint density at radius 2 is 2.12 bits per heavy atom. The molecule has 132 valence electrons. The topological polar surface area (TPSA) is 86.2 Å². The highest BCUT2D eigenvalue weighted by Gasteiger charge is 2.43. The third-order valence-electron chi connectivity index (χ3n) is 4.71. The highest BCUT2D eigenvalue weighted by molar-refractivity contribution is 9.10. The number of rotatable bonds is 6. The molecule has 0 bridgehead atoms. The number of aromatic nitrogens is 2. The van der Waals surface area contributed by atoms with Gasteiger partial charge in [-0.1, -0.05) is 34.5 Å². The number of benzene rings is 1. The first-order valence-corrected chi connectivity index (χ1v) is 9.01. The summed E-state index contributed by atoms with van der Waals surface area (Å²) < 4.78 is 7.77. The summed E-state index contributed by atoms with van der Waals surface area (Å²) in [5, 5.41) is 20.9. The molecule has 0 radical (unpaired) electrons. The normalized spacial score (nSPS) is 16.5. The molecule has 0 saturated heterocycles. The minimum Gasteiger partial charge on any atom is -0.578 e. The molecular formula is C18H22BrN4O2+. The molecular weight excluding hydrogens is 384 g/mol. The number of aliphatic imine (C=N–C) groups is 1. The highest BCUT2D eigenvalue weighted by atomic mass is 79.9. The number of amidine groups is 1. The van der Waals surface area contributed by atoms with Crippen LogP contribution in [0.5, 0.6) is 0 Å². The summed E-state index contributed by atoms with van der Waals surface area (Å²) >= 11 is 3.45. The number of methoxy groups -OCH3 is 1. The van der Waals surface area contributed by atoms with Gasteiger partial charge < -0.3 is 9.84 Å². The Bertz CT molecular complexity index is 779. The maximum atomic E-state index is 8.52. The zero-order chi connectivity index (χ0) is 17.9. The molecule has 0 amide bonds. The van der Waals surface area contributed by atoms with E-state index in [9.17, 15) is 0 Å². The van der Waals surface area contributed by atoms with E-state index in [2.05, 4.69) is 26.0 Å². The second-order valence-electron chi connectivity index (χ2n) is 6.24. The lowest BCUT2D eigenvalue weighted by Gasteiger charge is -2.40. The summed E-state index contributed by atoms with van der Waals surface area (Å²) in [5.74, 6) is 0.341. The number of hydrogen-bond acceptors (Lipinski definition) is 3. The average molecular weight is 406 g/mol. The molecule has 0 aliphatic heterocycles. The van der Waals surface area contributed by atoms with Gasteiger partial charge in [-0.05, 0) is 30.5 Å². The third-order valence-corrected chi connectivity index (χ3v) is 5.24. The fourth-order valence-corrected chi connectivity index (χ4v) is 3.30. The fourth-order valence-electron chi connectivity index (χ4n) is 3.04. The average Bonchev–Trinajstić information content (AvgIpc) is 3.02. The number of ether oxygens (including phenoxy) is 1. The predicted octanol–water partition coefficient (Wildman–Crippen LogP) is 2.86. The van der Waals surface area contributed by atoms with Crippen LogP contribution in [-0.2, 0) is 16.7 Å². The van der Waals surface area contributed by atoms with E-state index in [4.69, 9.17) is 15.3 Å². The van der Waals surface area contributed by atoms with Crippen molar-refractivity contribution in [1.82, 2.24) is 9.78 Å². The Balaban J connectivity index is 1.80. The van der Waals surface area contributed by atoms with Gasteiger partial charge in [0.05, 0.1) is 24.8 Å². The van der Waals surface area contributed by atoms with E-state index < -0.39 is 0 Å². The van der Waals surface area contributed by atoms with Crippen LogP contribution >= 0.6 is 15.9 Å². The van der Waals surface area contributed by atoms with Gasteiger partial charge in [-0.15, -0.1) is 4.99 Å². The molecule has 7 heteroatoms. The molecule has 25 heavy (non-hydrogen) atoms. The molecule has 1 aliphatic carbocycles. The Morgan fingerprint density at radius 1 is 1.40 bits per heavy atom. The monoisotopic (exact) mass is 405 g/mol. The van der Waals surface area contributed by atoms with Crippen molar-refractivity contribution in [3.63, 3.8) is 0 Å². The van der Waals surface area contributed by atoms with Gasteiger partial charge in [-0.2, -0.15) is 5.10 Å². The van der Waals surface area contributed by atoms with Gasteiger partial charge in [0, 0.05) is 17.8 Å². The molecule has 3 N–H and O–H groups in total. The van der Waals surface area contributed by atoms with Gasteiger partial charge >= 0.3 is 5.90 Å². The van der Waals surface area contributed by atoms with E-state index in [0.29, 0.717) is 18.7 Å². The lowest BCUT2D eigenvalue weighted by molar-refractivity contribution is 0.183. The second kappa shape index (κ2) is 7.49. The third kappa shape index (κ3) is 3.67. The van der Waals surface area contributed by atoms with Crippen molar-refractivity contribution in [1.29, 1.82) is 5.41 Å². The van der Waals surface area contributed by atoms with Crippen LogP contribution in [0.15, 0.2) is 46.1 Å². The van der Waals surface area contributed by atoms with Crippen LogP contribution in [0.3, 0.4) is 0 Å². The number of halogens is 1. The molecule has 1 aromatic heterocycles. The second-order valence-corrected chi connectivity index (χ2v) is 7.15. The largest absolute Gasteiger partial charge is 0.578 e. The SMILES string of the molecule is COCCn1cc(C([OH2+])=NC(=N)C2(c3ccc(Br)cc3)CCC2)cn1. The molecule has 1 aliphatic rings. The van der Waals surface area contributed by atoms with Gasteiger partial charge in [0.2, 0.25) is 0 Å². The summed E-state index contributed by atoms with van der Waals surface area (Å²) in [6.07, 6.45) is 6.26. The molecule has 1 heterocycles. The zero-order valence-electron chi connectivity index (χ0n) is 14.1. The number of hydrogen-bond donors (Lipinski definition) is 1. The maximum Gasteiger partial charge on any atom is 0.369 e. The van der Waals surface area contributed by atoms with Gasteiger partial charge in [-0.3, -0.25) is 10.1 Å². The molecule has 2 aromatic rings. The standard InChI is InChI=1S/C18H21BrN4O2/c1-25-10-9-23-12-13(11-21-23)16(24)22-17(20)18(7-2-8-18)14-3-5-15(19)6-4-14/h3-6,11-12H,2,7-10H2,1H3,(H2,20,22,24)/p+1. The number of nitrogens with one attached hydrogen (secondary N) is 1. The Labute approximate surface area is 155 Å². The molecule has 0 unspecified atom stereocenters. The van der Waals surface area contributed by atoms with Crippen molar-refractivity contribution in [3.05, 3.63) is 52.3 Å². The van der Waals surface area contributed by atoms with Crippen molar-refractivity contribution in [2.24, 2.45) is 4.99 Å². The van der Waals surface area contributed by atoms with Crippen LogP contribution in [-0.4, -0.2) is 40.3 Å². The summed E-state index contributed by atoms with van der Waals surface area (Å²) in [4.78, 5) is 4.30. The lowest BCUT2D eigenvalue weighted by atomic mass is 9.63. The van der Waals surface area contributed by atoms with Gasteiger partial charge in [0.1, 0.15) is 11.4 Å². The van der Waals surface area contributed by atoms with E-state index >= 15 is 0 Å². The van der Waals surface area contributed by atoms with Crippen molar-refractivity contribution in [3.8, 4) is 0 Å². The van der Waals surface area contributed by atoms with Crippen LogP contribution in [0.25, 0.3) is 0 Å². The van der Waals surface area contributed by atoms with Gasteiger partial charge in [0.15, 0.2) is 0 Å². The Hall–Kier alpha value is -1.99. The van der Waals surface area contributed by atoms with Crippen LogP contribution in [0, 0.1) is 5.41 Å². The van der Waals surface area contributed by atoms with Crippen LogP contribution in [0.2, 0.25) is 0 Å². The molecule has 3 rings (SSSR count). The maximum absolute atomic E-state index is 8.52. The van der Waals surface area contributed by atoms with Crippen LogP contribution in [0.1, 0.15) is 30.4 Å². The van der Waals surface area contributed by atoms with E-state index in [1.165, 1.54) is 0 Å². The minimum atomic E-state index is -0.362. The first kappa shape index (κ1) is 17.8. The highest BCUT2D eigenvalue weighted by Crippen LogP contribution is 2.45. The molecule has 1 aromatic carbocycles. The van der Waals surface area contributed by atoms with Crippen molar-refractivity contribution in [2.75, 3.05) is 13.7 Å². The molecule has 1 fully saturated rings. The number of nitrogens with zero attached hydrogens (tertiary/aromatic N) is 3. The minimum absolute atomic E-state index is 0.0806. The van der Waals surface area contributed by atoms with Crippen LogP contribution < -0.4 is 0 Å². The summed E-state index contributed by atoms with van der Waals surface area (Å²) in [5.41, 5.74) is 1.35. The fraction of sp³-hybridized carbons (Fsp3) is 0.389. The van der Waals surface area contributed by atoms with Gasteiger partial charge in [0.25, 0.3) is 0 Å².